The average Bonchev–Trinajstić information content (AvgIpc) is 2.45. The molecule has 0 spiro atoms. The average molecular weight is 399 g/mol. The van der Waals surface area contributed by atoms with Gasteiger partial charge in [-0.25, -0.2) is 0 Å². The van der Waals surface area contributed by atoms with Gasteiger partial charge in [0.05, 0.1) is 6.10 Å². The Labute approximate surface area is 136 Å². The lowest BCUT2D eigenvalue weighted by Gasteiger charge is -2.19. The van der Waals surface area contributed by atoms with Gasteiger partial charge in [0.15, 0.2) is 0 Å². The van der Waals surface area contributed by atoms with Gasteiger partial charge >= 0.3 is 0 Å². The predicted octanol–water partition coefficient (Wildman–Crippen LogP) is 4.60. The number of halogens is 2. The summed E-state index contributed by atoms with van der Waals surface area (Å²) in [7, 11) is 0. The van der Waals surface area contributed by atoms with Crippen LogP contribution in [0.1, 0.15) is 30.2 Å². The highest BCUT2D eigenvalue weighted by Gasteiger charge is 2.12. The fourth-order valence-corrected chi connectivity index (χ4v) is 3.43. The topological polar surface area (TPSA) is 32.3 Å². The van der Waals surface area contributed by atoms with Crippen LogP contribution in [0.4, 0.5) is 0 Å². The first-order valence-corrected chi connectivity index (χ1v) is 8.08. The maximum Gasteiger partial charge on any atom is 0.0914 e. The lowest BCUT2D eigenvalue weighted by molar-refractivity contribution is 0.171. The quantitative estimate of drug-likeness (QED) is 0.771. The van der Waals surface area contributed by atoms with E-state index in [4.69, 9.17) is 0 Å². The molecule has 2 atom stereocenters. The highest BCUT2D eigenvalue weighted by Crippen LogP contribution is 2.27. The molecule has 0 heterocycles. The van der Waals surface area contributed by atoms with E-state index in [1.165, 1.54) is 5.56 Å². The molecule has 2 unspecified atom stereocenters. The zero-order valence-corrected chi connectivity index (χ0v) is 14.4. The van der Waals surface area contributed by atoms with Crippen LogP contribution >= 0.6 is 31.9 Å². The Balaban J connectivity index is 1.96. The summed E-state index contributed by atoms with van der Waals surface area (Å²) in [5.41, 5.74) is 2.11. The van der Waals surface area contributed by atoms with Gasteiger partial charge in [-0.05, 0) is 30.2 Å². The zero-order valence-electron chi connectivity index (χ0n) is 11.2. The van der Waals surface area contributed by atoms with Crippen LogP contribution in [0.3, 0.4) is 0 Å². The van der Waals surface area contributed by atoms with Crippen molar-refractivity contribution >= 4 is 31.9 Å². The van der Waals surface area contributed by atoms with Crippen LogP contribution in [-0.4, -0.2) is 11.7 Å². The van der Waals surface area contributed by atoms with E-state index >= 15 is 0 Å². The largest absolute Gasteiger partial charge is 0.387 e. The van der Waals surface area contributed by atoms with Crippen LogP contribution in [0.15, 0.2) is 57.5 Å². The molecule has 0 saturated carbocycles. The minimum atomic E-state index is -0.493. The van der Waals surface area contributed by atoms with Crippen molar-refractivity contribution in [3.05, 3.63) is 68.6 Å². The van der Waals surface area contributed by atoms with E-state index in [9.17, 15) is 5.11 Å². The second kappa shape index (κ2) is 7.36. The maximum atomic E-state index is 10.1. The van der Waals surface area contributed by atoms with Gasteiger partial charge < -0.3 is 10.4 Å². The van der Waals surface area contributed by atoms with Crippen molar-refractivity contribution in [3.8, 4) is 0 Å². The molecule has 2 N–H and O–H groups in total. The number of benzene rings is 2. The Bertz CT molecular complexity index is 560. The molecule has 0 amide bonds. The number of aliphatic hydroxyl groups is 1. The smallest absolute Gasteiger partial charge is 0.0914 e. The van der Waals surface area contributed by atoms with Gasteiger partial charge in [0, 0.05) is 21.5 Å². The van der Waals surface area contributed by atoms with Crippen molar-refractivity contribution in [2.75, 3.05) is 6.54 Å². The van der Waals surface area contributed by atoms with Crippen molar-refractivity contribution in [3.63, 3.8) is 0 Å². The SMILES string of the molecule is CC(NCC(O)c1ccccc1)c1ccc(Br)cc1Br. The van der Waals surface area contributed by atoms with E-state index in [2.05, 4.69) is 50.2 Å². The van der Waals surface area contributed by atoms with Gasteiger partial charge in [-0.2, -0.15) is 0 Å². The summed E-state index contributed by atoms with van der Waals surface area (Å²) in [4.78, 5) is 0. The summed E-state index contributed by atoms with van der Waals surface area (Å²) in [6.07, 6.45) is -0.493. The van der Waals surface area contributed by atoms with Crippen LogP contribution in [0.2, 0.25) is 0 Å². The Morgan fingerprint density at radius 2 is 1.80 bits per heavy atom. The standard InChI is InChI=1S/C16H17Br2NO/c1-11(14-8-7-13(17)9-15(14)18)19-10-16(20)12-5-3-2-4-6-12/h2-9,11,16,19-20H,10H2,1H3. The molecule has 0 aromatic heterocycles. The Kier molecular flexibility index (Phi) is 5.78. The summed E-state index contributed by atoms with van der Waals surface area (Å²) in [6.45, 7) is 2.61. The minimum Gasteiger partial charge on any atom is -0.387 e. The molecule has 0 radical (unpaired) electrons. The van der Waals surface area contributed by atoms with Crippen LogP contribution in [-0.2, 0) is 0 Å². The normalized spacial score (nSPS) is 14.0. The van der Waals surface area contributed by atoms with Crippen molar-refractivity contribution in [1.29, 1.82) is 0 Å². The van der Waals surface area contributed by atoms with Crippen molar-refractivity contribution in [1.82, 2.24) is 5.32 Å². The van der Waals surface area contributed by atoms with Gasteiger partial charge in [-0.1, -0.05) is 68.3 Å². The number of hydrogen-bond donors (Lipinski definition) is 2. The summed E-state index contributed by atoms with van der Waals surface area (Å²) < 4.78 is 2.10. The summed E-state index contributed by atoms with van der Waals surface area (Å²) in [5, 5.41) is 13.5. The van der Waals surface area contributed by atoms with Crippen LogP contribution in [0, 0.1) is 0 Å². The first-order valence-electron chi connectivity index (χ1n) is 6.49. The monoisotopic (exact) mass is 397 g/mol. The second-order valence-corrected chi connectivity index (χ2v) is 6.49. The van der Waals surface area contributed by atoms with Crippen molar-refractivity contribution in [2.45, 2.75) is 19.1 Å². The fourth-order valence-electron chi connectivity index (χ4n) is 2.04. The number of nitrogens with one attached hydrogen (secondary N) is 1. The summed E-state index contributed by atoms with van der Waals surface area (Å²) in [6, 6.07) is 16.0. The van der Waals surface area contributed by atoms with E-state index in [1.54, 1.807) is 0 Å². The van der Waals surface area contributed by atoms with Gasteiger partial charge in [0.2, 0.25) is 0 Å². The highest BCUT2D eigenvalue weighted by atomic mass is 79.9. The Hall–Kier alpha value is -0.680. The number of rotatable bonds is 5. The molecule has 0 fully saturated rings. The molecular weight excluding hydrogens is 382 g/mol. The van der Waals surface area contributed by atoms with E-state index in [-0.39, 0.29) is 6.04 Å². The molecule has 2 nitrogen and oxygen atoms in total. The molecule has 0 aliphatic rings. The molecule has 2 aromatic carbocycles. The molecule has 0 aliphatic heterocycles. The van der Waals surface area contributed by atoms with Gasteiger partial charge in [0.1, 0.15) is 0 Å². The fraction of sp³-hybridized carbons (Fsp3) is 0.250. The Morgan fingerprint density at radius 3 is 2.45 bits per heavy atom. The van der Waals surface area contributed by atoms with Crippen LogP contribution < -0.4 is 5.32 Å². The van der Waals surface area contributed by atoms with E-state index in [1.807, 2.05) is 42.5 Å². The van der Waals surface area contributed by atoms with E-state index in [0.717, 1.165) is 14.5 Å². The van der Waals surface area contributed by atoms with Gasteiger partial charge in [-0.3, -0.25) is 0 Å². The second-order valence-electron chi connectivity index (χ2n) is 4.72. The third-order valence-corrected chi connectivity index (χ3v) is 4.41. The molecule has 4 heteroatoms. The highest BCUT2D eigenvalue weighted by molar-refractivity contribution is 9.11. The molecule has 2 rings (SSSR count). The first-order chi connectivity index (χ1) is 9.58. The van der Waals surface area contributed by atoms with Crippen molar-refractivity contribution < 1.29 is 5.11 Å². The molecule has 106 valence electrons. The number of aliphatic hydroxyl groups excluding tert-OH is 1. The van der Waals surface area contributed by atoms with Crippen LogP contribution in [0.25, 0.3) is 0 Å². The molecule has 20 heavy (non-hydrogen) atoms. The van der Waals surface area contributed by atoms with Crippen LogP contribution in [0.5, 0.6) is 0 Å². The third kappa shape index (κ3) is 4.16. The van der Waals surface area contributed by atoms with Crippen molar-refractivity contribution in [2.24, 2.45) is 0 Å². The van der Waals surface area contributed by atoms with E-state index in [0.29, 0.717) is 6.54 Å². The Morgan fingerprint density at radius 1 is 1.10 bits per heavy atom. The molecular formula is C16H17Br2NO. The molecule has 0 aliphatic carbocycles. The number of hydrogen-bond acceptors (Lipinski definition) is 2. The lowest BCUT2D eigenvalue weighted by atomic mass is 10.1. The predicted molar refractivity (Wildman–Crippen MR) is 89.7 cm³/mol. The molecule has 0 bridgehead atoms. The lowest BCUT2D eigenvalue weighted by Crippen LogP contribution is -2.24. The summed E-state index contributed by atoms with van der Waals surface area (Å²) in [5.74, 6) is 0. The van der Waals surface area contributed by atoms with Gasteiger partial charge in [-0.15, -0.1) is 0 Å². The first kappa shape index (κ1) is 15.7. The summed E-state index contributed by atoms with van der Waals surface area (Å²) >= 11 is 7.01. The molecule has 0 saturated heterocycles. The molecule has 2 aromatic rings. The maximum absolute atomic E-state index is 10.1. The van der Waals surface area contributed by atoms with Gasteiger partial charge in [0.25, 0.3) is 0 Å². The van der Waals surface area contributed by atoms with E-state index < -0.39 is 6.10 Å². The third-order valence-electron chi connectivity index (χ3n) is 3.23. The minimum absolute atomic E-state index is 0.163. The zero-order chi connectivity index (χ0) is 14.5.